The minimum atomic E-state index is -0.277. The van der Waals surface area contributed by atoms with Gasteiger partial charge in [0.2, 0.25) is 0 Å². The highest BCUT2D eigenvalue weighted by atomic mass is 16.2. The Morgan fingerprint density at radius 2 is 1.77 bits per heavy atom. The van der Waals surface area contributed by atoms with Crippen molar-refractivity contribution in [2.45, 2.75) is 38.6 Å². The zero-order chi connectivity index (χ0) is 21.6. The highest BCUT2D eigenvalue weighted by molar-refractivity contribution is 5.89. The molecule has 8 heteroatoms. The van der Waals surface area contributed by atoms with Gasteiger partial charge in [-0.1, -0.05) is 44.2 Å². The van der Waals surface area contributed by atoms with E-state index in [0.717, 1.165) is 30.9 Å². The molecule has 4 rings (SSSR count). The molecule has 0 spiro atoms. The van der Waals surface area contributed by atoms with Crippen molar-refractivity contribution in [3.05, 3.63) is 66.1 Å². The number of carbonyl (C=O) groups is 1. The summed E-state index contributed by atoms with van der Waals surface area (Å²) in [5, 5.41) is 10.7. The van der Waals surface area contributed by atoms with Crippen LogP contribution in [0.4, 0.5) is 10.6 Å². The molecule has 1 aromatic carbocycles. The molecule has 0 radical (unpaired) electrons. The third-order valence-electron chi connectivity index (χ3n) is 5.45. The average Bonchev–Trinajstić information content (AvgIpc) is 3.45. The second-order valence-corrected chi connectivity index (χ2v) is 8.14. The summed E-state index contributed by atoms with van der Waals surface area (Å²) < 4.78 is 1.58. The minimum Gasteiger partial charge on any atom is -0.330 e. The molecule has 3 aromatic rings. The number of benzene rings is 1. The Morgan fingerprint density at radius 3 is 2.45 bits per heavy atom. The summed E-state index contributed by atoms with van der Waals surface area (Å²) in [4.78, 5) is 24.0. The normalized spacial score (nSPS) is 15.2. The number of rotatable bonds is 7. The Balaban J connectivity index is 1.53. The van der Waals surface area contributed by atoms with E-state index in [1.54, 1.807) is 23.1 Å². The lowest BCUT2D eigenvalue weighted by Gasteiger charge is -2.25. The minimum absolute atomic E-state index is 0.104. The van der Waals surface area contributed by atoms with Crippen LogP contribution in [0.5, 0.6) is 0 Å². The summed E-state index contributed by atoms with van der Waals surface area (Å²) >= 11 is 0. The number of nitrogens with zero attached hydrogens (tertiary/aromatic N) is 5. The molecular weight excluding hydrogens is 390 g/mol. The molecule has 0 saturated carbocycles. The maximum Gasteiger partial charge on any atom is 0.320 e. The molecule has 3 heterocycles. The van der Waals surface area contributed by atoms with Gasteiger partial charge in [0.25, 0.3) is 5.95 Å². The molecule has 2 aromatic heterocycles. The first-order valence-electron chi connectivity index (χ1n) is 10.8. The SMILES string of the molecule is CC(C)c1cc(NC(=O)NC(CN2CCCC2)c2ccccc2)n(-c2ncccn2)n1. The average molecular weight is 420 g/mol. The van der Waals surface area contributed by atoms with Crippen LogP contribution in [-0.4, -0.2) is 50.3 Å². The zero-order valence-electron chi connectivity index (χ0n) is 18.0. The molecule has 162 valence electrons. The van der Waals surface area contributed by atoms with Crippen molar-refractivity contribution in [1.29, 1.82) is 0 Å². The topological polar surface area (TPSA) is 88.0 Å². The molecule has 1 fully saturated rings. The van der Waals surface area contributed by atoms with Gasteiger partial charge >= 0.3 is 6.03 Å². The quantitative estimate of drug-likeness (QED) is 0.609. The van der Waals surface area contributed by atoms with E-state index in [1.165, 1.54) is 12.8 Å². The van der Waals surface area contributed by atoms with Crippen molar-refractivity contribution in [3.63, 3.8) is 0 Å². The first kappa shape index (κ1) is 21.0. The predicted octanol–water partition coefficient (Wildman–Crippen LogP) is 3.74. The molecular formula is C23H29N7O. The highest BCUT2D eigenvalue weighted by Gasteiger charge is 2.22. The number of aromatic nitrogens is 4. The van der Waals surface area contributed by atoms with E-state index in [0.29, 0.717) is 11.8 Å². The number of urea groups is 1. The number of carbonyl (C=O) groups excluding carboxylic acids is 1. The summed E-state index contributed by atoms with van der Waals surface area (Å²) in [7, 11) is 0. The maximum absolute atomic E-state index is 13.0. The van der Waals surface area contributed by atoms with E-state index in [1.807, 2.05) is 24.3 Å². The molecule has 1 aliphatic heterocycles. The number of anilines is 1. The van der Waals surface area contributed by atoms with Gasteiger partial charge in [-0.2, -0.15) is 9.78 Å². The molecule has 31 heavy (non-hydrogen) atoms. The fraction of sp³-hybridized carbons (Fsp3) is 0.391. The van der Waals surface area contributed by atoms with Crippen molar-refractivity contribution in [1.82, 2.24) is 30.0 Å². The molecule has 0 bridgehead atoms. The van der Waals surface area contributed by atoms with Gasteiger partial charge in [0.1, 0.15) is 5.82 Å². The van der Waals surface area contributed by atoms with Gasteiger partial charge < -0.3 is 10.2 Å². The Hall–Kier alpha value is -3.26. The largest absolute Gasteiger partial charge is 0.330 e. The summed E-state index contributed by atoms with van der Waals surface area (Å²) in [5.74, 6) is 1.17. The van der Waals surface area contributed by atoms with Gasteiger partial charge in [0, 0.05) is 25.0 Å². The fourth-order valence-corrected chi connectivity index (χ4v) is 3.78. The Morgan fingerprint density at radius 1 is 1.06 bits per heavy atom. The summed E-state index contributed by atoms with van der Waals surface area (Å²) in [5.41, 5.74) is 1.95. The van der Waals surface area contributed by atoms with Gasteiger partial charge in [-0.25, -0.2) is 14.8 Å². The van der Waals surface area contributed by atoms with Crippen LogP contribution in [0.15, 0.2) is 54.9 Å². The second-order valence-electron chi connectivity index (χ2n) is 8.14. The van der Waals surface area contributed by atoms with Crippen molar-refractivity contribution >= 4 is 11.8 Å². The molecule has 8 nitrogen and oxygen atoms in total. The monoisotopic (exact) mass is 419 g/mol. The van der Waals surface area contributed by atoms with Gasteiger partial charge in [-0.05, 0) is 43.5 Å². The van der Waals surface area contributed by atoms with Crippen LogP contribution in [0.25, 0.3) is 5.95 Å². The number of hydrogen-bond donors (Lipinski definition) is 2. The molecule has 1 saturated heterocycles. The first-order valence-corrected chi connectivity index (χ1v) is 10.8. The van der Waals surface area contributed by atoms with E-state index in [9.17, 15) is 4.79 Å². The lowest BCUT2D eigenvalue weighted by atomic mass is 10.1. The Kier molecular flexibility index (Phi) is 6.57. The standard InChI is InChI=1S/C23H29N7O/c1-17(2)19-15-21(30(28-19)22-24-11-8-12-25-22)27-23(31)26-20(16-29-13-6-7-14-29)18-9-4-3-5-10-18/h3-5,8-12,15,17,20H,6-7,13-14,16H2,1-2H3,(H2,26,27,31). The smallest absolute Gasteiger partial charge is 0.320 e. The number of likely N-dealkylation sites (tertiary alicyclic amines) is 1. The lowest BCUT2D eigenvalue weighted by Crippen LogP contribution is -2.39. The summed E-state index contributed by atoms with van der Waals surface area (Å²) in [6, 6.07) is 13.3. The summed E-state index contributed by atoms with van der Waals surface area (Å²) in [6.45, 7) is 7.05. The van der Waals surface area contributed by atoms with Gasteiger partial charge in [0.05, 0.1) is 11.7 Å². The van der Waals surface area contributed by atoms with Crippen LogP contribution in [0.3, 0.4) is 0 Å². The predicted molar refractivity (Wildman–Crippen MR) is 120 cm³/mol. The molecule has 1 aliphatic rings. The highest BCUT2D eigenvalue weighted by Crippen LogP contribution is 2.21. The number of nitrogens with one attached hydrogen (secondary N) is 2. The van der Waals surface area contributed by atoms with Crippen LogP contribution in [0.1, 0.15) is 49.9 Å². The van der Waals surface area contributed by atoms with Crippen LogP contribution in [0.2, 0.25) is 0 Å². The number of hydrogen-bond acceptors (Lipinski definition) is 5. The van der Waals surface area contributed by atoms with Gasteiger partial charge in [-0.15, -0.1) is 0 Å². The van der Waals surface area contributed by atoms with Crippen LogP contribution < -0.4 is 10.6 Å². The van der Waals surface area contributed by atoms with E-state index in [-0.39, 0.29) is 18.0 Å². The van der Waals surface area contributed by atoms with Crippen molar-refractivity contribution in [2.75, 3.05) is 25.0 Å². The van der Waals surface area contributed by atoms with E-state index < -0.39 is 0 Å². The maximum atomic E-state index is 13.0. The Bertz CT molecular complexity index is 982. The van der Waals surface area contributed by atoms with Gasteiger partial charge in [0.15, 0.2) is 0 Å². The van der Waals surface area contributed by atoms with Crippen LogP contribution >= 0.6 is 0 Å². The van der Waals surface area contributed by atoms with Gasteiger partial charge in [-0.3, -0.25) is 5.32 Å². The second kappa shape index (κ2) is 9.70. The van der Waals surface area contributed by atoms with Crippen molar-refractivity contribution in [2.24, 2.45) is 0 Å². The lowest BCUT2D eigenvalue weighted by molar-refractivity contribution is 0.240. The van der Waals surface area contributed by atoms with Crippen molar-refractivity contribution < 1.29 is 4.79 Å². The first-order chi connectivity index (χ1) is 15.1. The zero-order valence-corrected chi connectivity index (χ0v) is 18.0. The van der Waals surface area contributed by atoms with Crippen molar-refractivity contribution in [3.8, 4) is 5.95 Å². The van der Waals surface area contributed by atoms with Crippen LogP contribution in [-0.2, 0) is 0 Å². The molecule has 0 aliphatic carbocycles. The third kappa shape index (κ3) is 5.27. The van der Waals surface area contributed by atoms with Crippen LogP contribution in [0, 0.1) is 0 Å². The molecule has 1 unspecified atom stereocenters. The Labute approximate surface area is 182 Å². The van der Waals surface area contributed by atoms with E-state index >= 15 is 0 Å². The molecule has 2 N–H and O–H groups in total. The molecule has 1 atom stereocenters. The summed E-state index contributed by atoms with van der Waals surface area (Å²) in [6.07, 6.45) is 5.73. The number of amides is 2. The molecule has 2 amide bonds. The van der Waals surface area contributed by atoms with E-state index in [4.69, 9.17) is 0 Å². The fourth-order valence-electron chi connectivity index (χ4n) is 3.78. The van der Waals surface area contributed by atoms with E-state index in [2.05, 4.69) is 56.6 Å². The third-order valence-corrected chi connectivity index (χ3v) is 5.45.